The van der Waals surface area contributed by atoms with Crippen LogP contribution >= 0.6 is 0 Å². The van der Waals surface area contributed by atoms with Gasteiger partial charge in [0.2, 0.25) is 5.91 Å². The van der Waals surface area contributed by atoms with E-state index in [-0.39, 0.29) is 5.91 Å². The highest BCUT2D eigenvalue weighted by Gasteiger charge is 2.14. The zero-order valence-electron chi connectivity index (χ0n) is 10.3. The average molecular weight is 233 g/mol. The number of aryl methyl sites for hydroxylation is 1. The Kier molecular flexibility index (Phi) is 4.09. The highest BCUT2D eigenvalue weighted by atomic mass is 16.2. The molecule has 0 bridgehead atoms. The minimum absolute atomic E-state index is 0.0583. The highest BCUT2D eigenvalue weighted by Crippen LogP contribution is 2.12. The van der Waals surface area contributed by atoms with E-state index in [9.17, 15) is 4.79 Å². The molecule has 1 aromatic rings. The number of carbonyl (C=O) groups excluding carboxylic acids is 1. The van der Waals surface area contributed by atoms with Crippen LogP contribution in [0.15, 0.2) is 18.5 Å². The number of hydrogen-bond donors (Lipinski definition) is 1. The van der Waals surface area contributed by atoms with E-state index in [0.717, 1.165) is 24.3 Å². The molecule has 0 aliphatic carbocycles. The predicted molar refractivity (Wildman–Crippen MR) is 67.9 cm³/mol. The van der Waals surface area contributed by atoms with Crippen LogP contribution in [0.1, 0.15) is 24.8 Å². The van der Waals surface area contributed by atoms with Gasteiger partial charge in [-0.2, -0.15) is 0 Å². The van der Waals surface area contributed by atoms with Gasteiger partial charge < -0.3 is 5.32 Å². The molecule has 0 radical (unpaired) electrons. The molecule has 1 aliphatic heterocycles. The lowest BCUT2D eigenvalue weighted by Crippen LogP contribution is -2.36. The van der Waals surface area contributed by atoms with Crippen LogP contribution in [0.3, 0.4) is 0 Å². The summed E-state index contributed by atoms with van der Waals surface area (Å²) in [5.74, 6) is 0.0583. The summed E-state index contributed by atoms with van der Waals surface area (Å²) in [6.07, 6.45) is 7.14. The van der Waals surface area contributed by atoms with Crippen LogP contribution in [0.2, 0.25) is 0 Å². The Balaban J connectivity index is 1.86. The van der Waals surface area contributed by atoms with Crippen molar-refractivity contribution in [1.82, 2.24) is 9.88 Å². The largest absolute Gasteiger partial charge is 0.323 e. The minimum Gasteiger partial charge on any atom is -0.323 e. The maximum absolute atomic E-state index is 11.9. The third-order valence-corrected chi connectivity index (χ3v) is 3.13. The van der Waals surface area contributed by atoms with Crippen LogP contribution in [0, 0.1) is 6.92 Å². The lowest BCUT2D eigenvalue weighted by molar-refractivity contribution is -0.117. The van der Waals surface area contributed by atoms with Gasteiger partial charge in [0.25, 0.3) is 0 Å². The summed E-state index contributed by atoms with van der Waals surface area (Å²) in [6.45, 7) is 4.55. The smallest absolute Gasteiger partial charge is 0.238 e. The summed E-state index contributed by atoms with van der Waals surface area (Å²) in [4.78, 5) is 18.1. The minimum atomic E-state index is 0.0583. The van der Waals surface area contributed by atoms with Crippen molar-refractivity contribution in [2.75, 3.05) is 25.0 Å². The lowest BCUT2D eigenvalue weighted by Gasteiger charge is -2.25. The number of nitrogens with one attached hydrogen (secondary N) is 1. The molecule has 92 valence electrons. The number of aromatic nitrogens is 1. The first-order valence-corrected chi connectivity index (χ1v) is 6.18. The summed E-state index contributed by atoms with van der Waals surface area (Å²) >= 11 is 0. The first-order chi connectivity index (χ1) is 8.25. The quantitative estimate of drug-likeness (QED) is 0.866. The Morgan fingerprint density at radius 3 is 2.88 bits per heavy atom. The normalized spacial score (nSPS) is 16.8. The first-order valence-electron chi connectivity index (χ1n) is 6.18. The van der Waals surface area contributed by atoms with Gasteiger partial charge in [-0.25, -0.2) is 0 Å². The van der Waals surface area contributed by atoms with Gasteiger partial charge in [0.05, 0.1) is 18.4 Å². The third-order valence-electron chi connectivity index (χ3n) is 3.13. The molecule has 0 unspecified atom stereocenters. The molecule has 17 heavy (non-hydrogen) atoms. The van der Waals surface area contributed by atoms with Gasteiger partial charge >= 0.3 is 0 Å². The molecule has 2 rings (SSSR count). The van der Waals surface area contributed by atoms with Crippen molar-refractivity contribution in [2.45, 2.75) is 26.2 Å². The van der Waals surface area contributed by atoms with E-state index in [1.54, 1.807) is 12.4 Å². The topological polar surface area (TPSA) is 45.2 Å². The predicted octanol–water partition coefficient (Wildman–Crippen LogP) is 1.81. The van der Waals surface area contributed by atoms with Gasteiger partial charge in [-0.05, 0) is 44.5 Å². The van der Waals surface area contributed by atoms with Crippen molar-refractivity contribution in [1.29, 1.82) is 0 Å². The molecule has 1 aliphatic rings. The van der Waals surface area contributed by atoms with Crippen LogP contribution in [0.4, 0.5) is 5.69 Å². The molecule has 1 saturated heterocycles. The van der Waals surface area contributed by atoms with E-state index in [2.05, 4.69) is 15.2 Å². The Bertz CT molecular complexity index is 386. The number of amides is 1. The molecule has 0 atom stereocenters. The summed E-state index contributed by atoms with van der Waals surface area (Å²) < 4.78 is 0. The van der Waals surface area contributed by atoms with Gasteiger partial charge in [-0.1, -0.05) is 6.42 Å². The number of rotatable bonds is 3. The number of likely N-dealkylation sites (tertiary alicyclic amines) is 1. The van der Waals surface area contributed by atoms with Gasteiger partial charge in [-0.15, -0.1) is 0 Å². The molecular weight excluding hydrogens is 214 g/mol. The summed E-state index contributed by atoms with van der Waals surface area (Å²) in [6, 6.07) is 1.90. The summed E-state index contributed by atoms with van der Waals surface area (Å²) in [5.41, 5.74) is 1.86. The van der Waals surface area contributed by atoms with Gasteiger partial charge in [0, 0.05) is 6.20 Å². The van der Waals surface area contributed by atoms with Crippen LogP contribution in [0.25, 0.3) is 0 Å². The molecule has 0 saturated carbocycles. The van der Waals surface area contributed by atoms with Crippen molar-refractivity contribution in [3.63, 3.8) is 0 Å². The van der Waals surface area contributed by atoms with E-state index >= 15 is 0 Å². The number of hydrogen-bond acceptors (Lipinski definition) is 3. The third kappa shape index (κ3) is 3.53. The van der Waals surface area contributed by atoms with Gasteiger partial charge in [0.1, 0.15) is 0 Å². The number of pyridine rings is 1. The second-order valence-corrected chi connectivity index (χ2v) is 4.58. The monoisotopic (exact) mass is 233 g/mol. The van der Waals surface area contributed by atoms with E-state index in [1.807, 2.05) is 13.0 Å². The Morgan fingerprint density at radius 2 is 2.18 bits per heavy atom. The molecule has 1 aromatic heterocycles. The zero-order valence-corrected chi connectivity index (χ0v) is 10.3. The second kappa shape index (κ2) is 5.77. The molecule has 1 amide bonds. The average Bonchev–Trinajstić information content (AvgIpc) is 2.33. The Hall–Kier alpha value is -1.42. The number of nitrogens with zero attached hydrogens (tertiary/aromatic N) is 2. The molecule has 0 aromatic carbocycles. The van der Waals surface area contributed by atoms with E-state index in [1.165, 1.54) is 19.3 Å². The van der Waals surface area contributed by atoms with E-state index < -0.39 is 0 Å². The SMILES string of the molecule is Cc1ccncc1NC(=O)CN1CCCCC1. The zero-order chi connectivity index (χ0) is 12.1. The Labute approximate surface area is 102 Å². The van der Waals surface area contributed by atoms with Crippen LogP contribution in [-0.2, 0) is 4.79 Å². The van der Waals surface area contributed by atoms with Crippen molar-refractivity contribution in [2.24, 2.45) is 0 Å². The van der Waals surface area contributed by atoms with Crippen molar-refractivity contribution in [3.8, 4) is 0 Å². The molecule has 4 heteroatoms. The standard InChI is InChI=1S/C13H19N3O/c1-11-5-6-14-9-12(11)15-13(17)10-16-7-3-2-4-8-16/h5-6,9H,2-4,7-8,10H2,1H3,(H,15,17). The molecule has 2 heterocycles. The fraction of sp³-hybridized carbons (Fsp3) is 0.538. The first kappa shape index (κ1) is 12.0. The lowest BCUT2D eigenvalue weighted by atomic mass is 10.1. The van der Waals surface area contributed by atoms with Crippen molar-refractivity contribution < 1.29 is 4.79 Å². The maximum Gasteiger partial charge on any atom is 0.238 e. The van der Waals surface area contributed by atoms with Crippen LogP contribution in [-0.4, -0.2) is 35.4 Å². The maximum atomic E-state index is 11.9. The molecular formula is C13H19N3O. The van der Waals surface area contributed by atoms with Gasteiger partial charge in [-0.3, -0.25) is 14.7 Å². The van der Waals surface area contributed by atoms with Crippen LogP contribution < -0.4 is 5.32 Å². The second-order valence-electron chi connectivity index (χ2n) is 4.58. The van der Waals surface area contributed by atoms with E-state index in [0.29, 0.717) is 6.54 Å². The molecule has 1 N–H and O–H groups in total. The Morgan fingerprint density at radius 1 is 1.41 bits per heavy atom. The van der Waals surface area contributed by atoms with E-state index in [4.69, 9.17) is 0 Å². The molecule has 4 nitrogen and oxygen atoms in total. The van der Waals surface area contributed by atoms with Crippen LogP contribution in [0.5, 0.6) is 0 Å². The summed E-state index contributed by atoms with van der Waals surface area (Å²) in [5, 5.41) is 2.91. The molecule has 0 spiro atoms. The number of anilines is 1. The fourth-order valence-corrected chi connectivity index (χ4v) is 2.11. The molecule has 1 fully saturated rings. The number of piperidine rings is 1. The van der Waals surface area contributed by atoms with Crippen molar-refractivity contribution >= 4 is 11.6 Å². The highest BCUT2D eigenvalue weighted by molar-refractivity contribution is 5.92. The summed E-state index contributed by atoms with van der Waals surface area (Å²) in [7, 11) is 0. The fourth-order valence-electron chi connectivity index (χ4n) is 2.11. The number of carbonyl (C=O) groups is 1. The van der Waals surface area contributed by atoms with Crippen molar-refractivity contribution in [3.05, 3.63) is 24.0 Å². The van der Waals surface area contributed by atoms with Gasteiger partial charge in [0.15, 0.2) is 0 Å².